The van der Waals surface area contributed by atoms with Crippen LogP contribution in [0.1, 0.15) is 130 Å². The summed E-state index contributed by atoms with van der Waals surface area (Å²) in [5.74, 6) is 0. The predicted molar refractivity (Wildman–Crippen MR) is 194 cm³/mol. The van der Waals surface area contributed by atoms with Gasteiger partial charge in [-0.25, -0.2) is 0 Å². The summed E-state index contributed by atoms with van der Waals surface area (Å²) in [6.45, 7) is 14.7. The van der Waals surface area contributed by atoms with E-state index in [0.717, 1.165) is 30.1 Å². The van der Waals surface area contributed by atoms with Crippen LogP contribution in [0.15, 0.2) is 24.3 Å². The van der Waals surface area contributed by atoms with Gasteiger partial charge in [0.1, 0.15) is 0 Å². The summed E-state index contributed by atoms with van der Waals surface area (Å²) in [6.07, 6.45) is 22.3. The SMILES string of the molecule is Cc1cc(C)c(N2CCN(c3c(C)cc(C)cc3C)[C]2=[Ru]=[C]=P(C2CCCCC2)(C2CCCCC2)C2CCCCC2)c(C)c1. The van der Waals surface area contributed by atoms with Crippen molar-refractivity contribution in [3.63, 3.8) is 0 Å². The summed E-state index contributed by atoms with van der Waals surface area (Å²) in [6, 6.07) is 9.66. The van der Waals surface area contributed by atoms with Crippen LogP contribution in [-0.4, -0.2) is 38.4 Å². The molecule has 1 saturated heterocycles. The summed E-state index contributed by atoms with van der Waals surface area (Å²) in [5.41, 5.74) is 14.4. The fraction of sp³-hybridized carbons (Fsp3) is 0.650. The minimum absolute atomic E-state index is 0.125. The number of nitrogens with zero attached hydrogens (tertiary/aromatic N) is 2. The van der Waals surface area contributed by atoms with Gasteiger partial charge in [-0.05, 0) is 0 Å². The Kier molecular flexibility index (Phi) is 10.6. The average Bonchev–Trinajstić information content (AvgIpc) is 3.40. The van der Waals surface area contributed by atoms with Crippen molar-refractivity contribution in [2.24, 2.45) is 0 Å². The van der Waals surface area contributed by atoms with Gasteiger partial charge in [0, 0.05) is 0 Å². The number of hydrogen-bond donors (Lipinski definition) is 0. The number of rotatable bonds is 5. The van der Waals surface area contributed by atoms with Gasteiger partial charge in [0.15, 0.2) is 0 Å². The van der Waals surface area contributed by atoms with Crippen molar-refractivity contribution >= 4 is 26.6 Å². The van der Waals surface area contributed by atoms with Crippen LogP contribution in [0.3, 0.4) is 0 Å². The molecule has 3 saturated carbocycles. The van der Waals surface area contributed by atoms with Crippen LogP contribution in [0.4, 0.5) is 11.4 Å². The van der Waals surface area contributed by atoms with E-state index in [9.17, 15) is 0 Å². The topological polar surface area (TPSA) is 6.48 Å². The van der Waals surface area contributed by atoms with Gasteiger partial charge in [-0.2, -0.15) is 0 Å². The van der Waals surface area contributed by atoms with Gasteiger partial charge in [0.05, 0.1) is 0 Å². The molecular formula is C40H59N2PRu. The predicted octanol–water partition coefficient (Wildman–Crippen LogP) is 10.7. The van der Waals surface area contributed by atoms with Crippen molar-refractivity contribution < 1.29 is 16.2 Å². The molecule has 2 nitrogen and oxygen atoms in total. The van der Waals surface area contributed by atoms with E-state index >= 15 is 0 Å². The molecule has 1 aliphatic heterocycles. The van der Waals surface area contributed by atoms with E-state index in [1.165, 1.54) is 141 Å². The van der Waals surface area contributed by atoms with Gasteiger partial charge in [-0.3, -0.25) is 0 Å². The Balaban J connectivity index is 1.66. The molecule has 1 heterocycles. The van der Waals surface area contributed by atoms with E-state index in [-0.39, 0.29) is 16.2 Å². The third-order valence-corrected chi connectivity index (χ3v) is 21.0. The fourth-order valence-corrected chi connectivity index (χ4v) is 21.6. The summed E-state index contributed by atoms with van der Waals surface area (Å²) in [4.78, 5) is 5.57. The second-order valence-corrected chi connectivity index (χ2v) is 21.3. The fourth-order valence-electron chi connectivity index (χ4n) is 9.94. The molecule has 0 amide bonds. The maximum absolute atomic E-state index is 4.87. The Morgan fingerprint density at radius 2 is 0.841 bits per heavy atom. The first-order valence-electron chi connectivity index (χ1n) is 18.1. The van der Waals surface area contributed by atoms with E-state index in [4.69, 9.17) is 3.99 Å². The average molecular weight is 700 g/mol. The Labute approximate surface area is 277 Å². The first-order valence-corrected chi connectivity index (χ1v) is 21.9. The van der Waals surface area contributed by atoms with Crippen LogP contribution in [0.25, 0.3) is 0 Å². The molecule has 0 atom stereocenters. The van der Waals surface area contributed by atoms with Crippen LogP contribution in [0, 0.1) is 41.5 Å². The Morgan fingerprint density at radius 3 is 1.16 bits per heavy atom. The van der Waals surface area contributed by atoms with Gasteiger partial charge in [-0.1, -0.05) is 0 Å². The normalized spacial score (nSPS) is 21.3. The zero-order chi connectivity index (χ0) is 30.8. The molecule has 0 aromatic heterocycles. The first-order chi connectivity index (χ1) is 21.3. The van der Waals surface area contributed by atoms with Crippen LogP contribution in [0.2, 0.25) is 0 Å². The molecule has 44 heavy (non-hydrogen) atoms. The van der Waals surface area contributed by atoms with Gasteiger partial charge >= 0.3 is 278 Å². The molecule has 0 spiro atoms. The molecule has 4 fully saturated rings. The molecule has 2 aromatic rings. The molecule has 4 heteroatoms. The molecular weight excluding hydrogens is 640 g/mol. The van der Waals surface area contributed by atoms with Crippen molar-refractivity contribution in [2.45, 2.75) is 155 Å². The van der Waals surface area contributed by atoms with Crippen molar-refractivity contribution in [1.82, 2.24) is 0 Å². The van der Waals surface area contributed by atoms with Crippen molar-refractivity contribution in [2.75, 3.05) is 22.9 Å². The van der Waals surface area contributed by atoms with Crippen LogP contribution in [0.5, 0.6) is 0 Å². The van der Waals surface area contributed by atoms with E-state index in [2.05, 4.69) is 75.6 Å². The Morgan fingerprint density at radius 1 is 0.523 bits per heavy atom. The van der Waals surface area contributed by atoms with E-state index in [1.807, 2.05) is 0 Å². The third-order valence-electron chi connectivity index (χ3n) is 11.6. The summed E-state index contributed by atoms with van der Waals surface area (Å²) >= 11 is -0.125. The third kappa shape index (κ3) is 6.47. The molecule has 6 rings (SSSR count). The second kappa shape index (κ2) is 14.2. The molecule has 0 bridgehead atoms. The first kappa shape index (κ1) is 32.7. The summed E-state index contributed by atoms with van der Waals surface area (Å²) < 4.78 is 6.47. The van der Waals surface area contributed by atoms with E-state index < -0.39 is 6.89 Å². The zero-order valence-corrected chi connectivity index (χ0v) is 31.4. The minimum atomic E-state index is -1.36. The monoisotopic (exact) mass is 700 g/mol. The van der Waals surface area contributed by atoms with E-state index in [1.54, 1.807) is 4.35 Å². The summed E-state index contributed by atoms with van der Waals surface area (Å²) in [7, 11) is 0. The number of benzene rings is 2. The van der Waals surface area contributed by atoms with Crippen LogP contribution >= 0.6 is 6.89 Å². The van der Waals surface area contributed by atoms with Crippen molar-refractivity contribution in [1.29, 1.82) is 0 Å². The zero-order valence-electron chi connectivity index (χ0n) is 28.8. The molecule has 0 radical (unpaired) electrons. The van der Waals surface area contributed by atoms with Gasteiger partial charge in [0.25, 0.3) is 0 Å². The molecule has 242 valence electrons. The summed E-state index contributed by atoms with van der Waals surface area (Å²) in [5, 5.41) is 0. The van der Waals surface area contributed by atoms with Crippen molar-refractivity contribution in [3.05, 3.63) is 57.6 Å². The number of anilines is 2. The van der Waals surface area contributed by atoms with Gasteiger partial charge in [0.2, 0.25) is 0 Å². The molecule has 4 aliphatic rings. The van der Waals surface area contributed by atoms with Gasteiger partial charge < -0.3 is 0 Å². The van der Waals surface area contributed by atoms with Crippen LogP contribution < -0.4 is 9.80 Å². The molecule has 2 aromatic carbocycles. The number of aryl methyl sites for hydroxylation is 6. The maximum atomic E-state index is 4.87. The van der Waals surface area contributed by atoms with E-state index in [0.29, 0.717) is 0 Å². The molecule has 0 unspecified atom stereocenters. The molecule has 3 aliphatic carbocycles. The number of hydrogen-bond acceptors (Lipinski definition) is 2. The Bertz CT molecular complexity index is 1310. The quantitative estimate of drug-likeness (QED) is 0.226. The van der Waals surface area contributed by atoms with Crippen molar-refractivity contribution in [3.8, 4) is 0 Å². The van der Waals surface area contributed by atoms with Crippen LogP contribution in [-0.2, 0) is 16.2 Å². The Hall–Kier alpha value is -1.26. The molecule has 0 N–H and O–H groups in total. The van der Waals surface area contributed by atoms with Gasteiger partial charge in [-0.15, -0.1) is 0 Å². The standard InChI is InChI=1S/C21H26N2.C19H33P.Ru/c1-14-9-16(3)20(17(4)10-14)22-7-8-23(13-22)21-18(5)11-15(2)12-19(21)6;1-20(17-11-5-2-6-12-17,18-13-7-3-8-14-18)19-15-9-4-10-16-19;/h9-12H,7-8H2,1-6H3;17-19H,2-16H2;. The second-order valence-electron chi connectivity index (χ2n) is 14.9.